The second-order valence-corrected chi connectivity index (χ2v) is 8.28. The van der Waals surface area contributed by atoms with E-state index in [1.165, 1.54) is 19.3 Å². The summed E-state index contributed by atoms with van der Waals surface area (Å²) in [4.78, 5) is 38.2. The van der Waals surface area contributed by atoms with Crippen molar-refractivity contribution in [2.45, 2.75) is 77.0 Å². The number of carbonyl (C=O) groups is 3. The minimum atomic E-state index is -1.26. The molecule has 0 spiro atoms. The second kappa shape index (κ2) is 11.8. The Morgan fingerprint density at radius 3 is 2.45 bits per heavy atom. The van der Waals surface area contributed by atoms with Gasteiger partial charge in [-0.15, -0.1) is 0 Å². The summed E-state index contributed by atoms with van der Waals surface area (Å²) in [5.74, 6) is 4.74. The number of rotatable bonds is 13. The summed E-state index contributed by atoms with van der Waals surface area (Å²) in [6.45, 7) is 4.19. The molecule has 0 aliphatic heterocycles. The van der Waals surface area contributed by atoms with Crippen molar-refractivity contribution in [3.63, 3.8) is 0 Å². The van der Waals surface area contributed by atoms with Crippen LogP contribution in [0.2, 0.25) is 0 Å². The fourth-order valence-electron chi connectivity index (χ4n) is 4.80. The van der Waals surface area contributed by atoms with E-state index in [9.17, 15) is 14.4 Å². The molecule has 0 saturated carbocycles. The lowest BCUT2D eigenvalue weighted by Gasteiger charge is -2.47. The van der Waals surface area contributed by atoms with Gasteiger partial charge in [-0.1, -0.05) is 81.9 Å². The highest BCUT2D eigenvalue weighted by Gasteiger charge is 2.57. The molecule has 6 heteroatoms. The number of ether oxygens (including phenoxy) is 1. The molecule has 1 aromatic carbocycles. The number of unbranched alkanes of at least 4 members (excludes halogenated alkanes) is 5. The summed E-state index contributed by atoms with van der Waals surface area (Å²) < 4.78 is 5.08. The van der Waals surface area contributed by atoms with Gasteiger partial charge < -0.3 is 9.53 Å². The molecule has 2 atom stereocenters. The number of nitrogens with two attached hydrogens (primary N) is 1. The number of amides is 1. The van der Waals surface area contributed by atoms with E-state index in [0.717, 1.165) is 36.7 Å². The summed E-state index contributed by atoms with van der Waals surface area (Å²) in [6, 6.07) is 7.65. The first-order valence-corrected chi connectivity index (χ1v) is 11.4. The molecule has 0 aromatic heterocycles. The van der Waals surface area contributed by atoms with E-state index >= 15 is 0 Å². The van der Waals surface area contributed by atoms with E-state index < -0.39 is 22.7 Å². The molecule has 6 nitrogen and oxygen atoms in total. The Labute approximate surface area is 185 Å². The van der Waals surface area contributed by atoms with E-state index in [1.54, 1.807) is 13.0 Å². The summed E-state index contributed by atoms with van der Waals surface area (Å²) in [7, 11) is 0. The third-order valence-electron chi connectivity index (χ3n) is 6.48. The molecule has 31 heavy (non-hydrogen) atoms. The van der Waals surface area contributed by atoms with Gasteiger partial charge in [0.05, 0.1) is 17.4 Å². The number of esters is 1. The van der Waals surface area contributed by atoms with Gasteiger partial charge in [-0.25, -0.2) is 5.84 Å². The molecule has 1 amide bonds. The van der Waals surface area contributed by atoms with Gasteiger partial charge in [-0.05, 0) is 30.9 Å². The van der Waals surface area contributed by atoms with Crippen molar-refractivity contribution in [3.8, 4) is 0 Å². The van der Waals surface area contributed by atoms with Crippen molar-refractivity contribution < 1.29 is 19.1 Å². The van der Waals surface area contributed by atoms with Crippen LogP contribution in [0.15, 0.2) is 30.3 Å². The van der Waals surface area contributed by atoms with Crippen LogP contribution in [0.25, 0.3) is 6.08 Å². The van der Waals surface area contributed by atoms with Crippen LogP contribution in [0.3, 0.4) is 0 Å². The van der Waals surface area contributed by atoms with Crippen LogP contribution in [-0.2, 0) is 24.5 Å². The number of hydrogen-bond donors (Lipinski definition) is 2. The van der Waals surface area contributed by atoms with E-state index in [-0.39, 0.29) is 19.4 Å². The minimum Gasteiger partial charge on any atom is -0.466 e. The van der Waals surface area contributed by atoms with Gasteiger partial charge in [0, 0.05) is 6.42 Å². The Balaban J connectivity index is 2.44. The molecule has 2 unspecified atom stereocenters. The van der Waals surface area contributed by atoms with Gasteiger partial charge in [0.15, 0.2) is 0 Å². The van der Waals surface area contributed by atoms with Crippen LogP contribution in [-0.4, -0.2) is 24.8 Å². The van der Waals surface area contributed by atoms with Crippen LogP contribution < -0.4 is 11.3 Å². The Morgan fingerprint density at radius 2 is 1.77 bits per heavy atom. The largest absolute Gasteiger partial charge is 0.466 e. The van der Waals surface area contributed by atoms with Crippen LogP contribution >= 0.6 is 0 Å². The molecular weight excluding hydrogens is 392 g/mol. The van der Waals surface area contributed by atoms with Gasteiger partial charge >= 0.3 is 5.97 Å². The predicted molar refractivity (Wildman–Crippen MR) is 122 cm³/mol. The topological polar surface area (TPSA) is 98.5 Å². The molecular formula is C25H36N2O4. The molecule has 0 radical (unpaired) electrons. The summed E-state index contributed by atoms with van der Waals surface area (Å²) in [5, 5.41) is 0. The fraction of sp³-hybridized carbons (Fsp3) is 0.560. The highest BCUT2D eigenvalue weighted by molar-refractivity contribution is 5.95. The first-order chi connectivity index (χ1) is 15.0. The zero-order chi connectivity index (χ0) is 22.7. The van der Waals surface area contributed by atoms with E-state index in [4.69, 9.17) is 10.6 Å². The molecule has 2 rings (SSSR count). The second-order valence-electron chi connectivity index (χ2n) is 8.28. The molecule has 0 fully saturated rings. The minimum absolute atomic E-state index is 0.0276. The summed E-state index contributed by atoms with van der Waals surface area (Å²) in [6.07, 6.45) is 11.6. The smallest absolute Gasteiger partial charge is 0.305 e. The van der Waals surface area contributed by atoms with E-state index in [2.05, 4.69) is 12.3 Å². The SMILES string of the molecule is CCCCCCCCC1(C=O)c2ccccc2C=CC1(CCC(=O)OCC)C(=O)NN. The number of nitrogens with one attached hydrogen (secondary N) is 1. The molecule has 0 saturated heterocycles. The number of carbonyl (C=O) groups excluding carboxylic acids is 3. The van der Waals surface area contributed by atoms with E-state index in [1.807, 2.05) is 30.3 Å². The molecule has 0 bridgehead atoms. The maximum atomic E-state index is 13.2. The zero-order valence-corrected chi connectivity index (χ0v) is 18.8. The molecule has 1 aromatic rings. The maximum Gasteiger partial charge on any atom is 0.305 e. The lowest BCUT2D eigenvalue weighted by Crippen LogP contribution is -2.58. The number of hydrazine groups is 1. The average Bonchev–Trinajstić information content (AvgIpc) is 2.80. The zero-order valence-electron chi connectivity index (χ0n) is 18.8. The highest BCUT2D eigenvalue weighted by Crippen LogP contribution is 2.53. The first-order valence-electron chi connectivity index (χ1n) is 11.4. The third kappa shape index (κ3) is 5.24. The van der Waals surface area contributed by atoms with Crippen LogP contribution in [0.1, 0.15) is 82.8 Å². The normalized spacial score (nSPS) is 21.9. The predicted octanol–water partition coefficient (Wildman–Crippen LogP) is 4.22. The molecule has 3 N–H and O–H groups in total. The quantitative estimate of drug-likeness (QED) is 0.122. The lowest BCUT2D eigenvalue weighted by atomic mass is 9.53. The van der Waals surface area contributed by atoms with Crippen molar-refractivity contribution in [3.05, 3.63) is 41.5 Å². The Morgan fingerprint density at radius 1 is 1.06 bits per heavy atom. The van der Waals surface area contributed by atoms with Crippen molar-refractivity contribution in [2.75, 3.05) is 6.61 Å². The molecule has 1 aliphatic carbocycles. The van der Waals surface area contributed by atoms with Gasteiger partial charge in [0.25, 0.3) is 0 Å². The Bertz CT molecular complexity index is 791. The maximum absolute atomic E-state index is 13.2. The summed E-state index contributed by atoms with van der Waals surface area (Å²) in [5.41, 5.74) is 1.64. The Kier molecular flexibility index (Phi) is 9.44. The Hall–Kier alpha value is -2.47. The van der Waals surface area contributed by atoms with Gasteiger partial charge in [-0.2, -0.15) is 0 Å². The van der Waals surface area contributed by atoms with Gasteiger partial charge in [0.2, 0.25) is 5.91 Å². The highest BCUT2D eigenvalue weighted by atomic mass is 16.5. The molecule has 170 valence electrons. The number of hydrogen-bond acceptors (Lipinski definition) is 5. The van der Waals surface area contributed by atoms with Crippen molar-refractivity contribution in [1.29, 1.82) is 0 Å². The lowest BCUT2D eigenvalue weighted by molar-refractivity contribution is -0.145. The first kappa shape index (κ1) is 24.8. The van der Waals surface area contributed by atoms with Crippen molar-refractivity contribution >= 4 is 24.2 Å². The van der Waals surface area contributed by atoms with Crippen LogP contribution in [0, 0.1) is 5.41 Å². The van der Waals surface area contributed by atoms with E-state index in [0.29, 0.717) is 6.42 Å². The number of benzene rings is 1. The van der Waals surface area contributed by atoms with Gasteiger partial charge in [0.1, 0.15) is 6.29 Å². The summed E-state index contributed by atoms with van der Waals surface area (Å²) >= 11 is 0. The number of fused-ring (bicyclic) bond motifs is 1. The van der Waals surface area contributed by atoms with Crippen molar-refractivity contribution in [2.24, 2.45) is 11.3 Å². The number of aldehydes is 1. The fourth-order valence-corrected chi connectivity index (χ4v) is 4.80. The standard InChI is InChI=1S/C25H36N2O4/c1-3-5-6-7-8-11-16-25(19-28)21-13-10-9-12-20(21)14-17-24(25,23(30)27-26)18-15-22(29)31-4-2/h9-10,12-14,17,19H,3-8,11,15-16,18,26H2,1-2H3,(H,27,30). The van der Waals surface area contributed by atoms with Gasteiger partial charge in [-0.3, -0.25) is 15.0 Å². The monoisotopic (exact) mass is 428 g/mol. The third-order valence-corrected chi connectivity index (χ3v) is 6.48. The van der Waals surface area contributed by atoms with Crippen LogP contribution in [0.5, 0.6) is 0 Å². The molecule has 0 heterocycles. The van der Waals surface area contributed by atoms with Crippen LogP contribution in [0.4, 0.5) is 0 Å². The molecule has 1 aliphatic rings. The van der Waals surface area contributed by atoms with Crippen molar-refractivity contribution in [1.82, 2.24) is 5.43 Å². The average molecular weight is 429 g/mol.